The van der Waals surface area contributed by atoms with Gasteiger partial charge in [0.05, 0.1) is 17.0 Å². The number of fused-ring (bicyclic) bond motifs is 1. The van der Waals surface area contributed by atoms with E-state index >= 15 is 0 Å². The number of nitrogens with zero attached hydrogens (tertiary/aromatic N) is 1. The molecule has 2 N–H and O–H groups in total. The number of benzene rings is 2. The largest absolute Gasteiger partial charge is 0.481 e. The van der Waals surface area contributed by atoms with Crippen molar-refractivity contribution in [2.45, 2.75) is 45.2 Å². The van der Waals surface area contributed by atoms with Crippen LogP contribution in [0.2, 0.25) is 10.0 Å². The predicted molar refractivity (Wildman–Crippen MR) is 128 cm³/mol. The van der Waals surface area contributed by atoms with Gasteiger partial charge in [-0.2, -0.15) is 0 Å². The quantitative estimate of drug-likeness (QED) is 0.461. The lowest BCUT2D eigenvalue weighted by atomic mass is 9.79. The van der Waals surface area contributed by atoms with Crippen LogP contribution < -0.4 is 5.32 Å². The van der Waals surface area contributed by atoms with Crippen LogP contribution in [0.15, 0.2) is 48.7 Å². The summed E-state index contributed by atoms with van der Waals surface area (Å²) in [4.78, 5) is 24.5. The van der Waals surface area contributed by atoms with Crippen LogP contribution in [0.1, 0.15) is 48.5 Å². The maximum atomic E-state index is 13.3. The Morgan fingerprint density at radius 1 is 1.06 bits per heavy atom. The summed E-state index contributed by atoms with van der Waals surface area (Å²) in [5.41, 5.74) is 2.46. The zero-order valence-corrected chi connectivity index (χ0v) is 19.4. The smallest absolute Gasteiger partial charge is 0.306 e. The average molecular weight is 473 g/mol. The maximum absolute atomic E-state index is 13.3. The van der Waals surface area contributed by atoms with E-state index in [0.717, 1.165) is 29.3 Å². The average Bonchev–Trinajstić information content (AvgIpc) is 3.17. The van der Waals surface area contributed by atoms with Crippen LogP contribution in [0, 0.1) is 11.8 Å². The highest BCUT2D eigenvalue weighted by atomic mass is 35.5. The Balaban J connectivity index is 1.55. The van der Waals surface area contributed by atoms with Gasteiger partial charge < -0.3 is 15.0 Å². The second-order valence-electron chi connectivity index (χ2n) is 8.67. The molecule has 2 aromatic carbocycles. The molecular formula is C25H26Cl2N2O3. The molecule has 0 aliphatic heterocycles. The minimum absolute atomic E-state index is 0.0500. The third-order valence-electron chi connectivity index (χ3n) is 6.52. The summed E-state index contributed by atoms with van der Waals surface area (Å²) >= 11 is 12.3. The van der Waals surface area contributed by atoms with Crippen LogP contribution in [-0.4, -0.2) is 27.6 Å². The van der Waals surface area contributed by atoms with Crippen LogP contribution in [0.4, 0.5) is 0 Å². The molecule has 3 aromatic rings. The number of nitrogens with one attached hydrogen (secondary N) is 1. The zero-order valence-electron chi connectivity index (χ0n) is 17.9. The molecule has 1 fully saturated rings. The number of carboxylic acid groups (broad SMARTS) is 1. The Kier molecular flexibility index (Phi) is 6.77. The minimum Gasteiger partial charge on any atom is -0.481 e. The molecule has 1 saturated carbocycles. The standard InChI is InChI=1S/C25H26Cl2N2O3/c1-15(17-4-6-18(7-5-17)25(31)32)28-24(30)22-13-21(27)12-19-10-11-29(23(19)22)14-16-2-8-20(26)9-3-16/h2-3,8-13,15,17-18H,4-7,14H2,1H3,(H,28,30)(H,31,32). The normalized spacial score (nSPS) is 19.6. The number of rotatable bonds is 6. The molecule has 4 rings (SSSR count). The second-order valence-corrected chi connectivity index (χ2v) is 9.55. The fourth-order valence-corrected chi connectivity index (χ4v) is 5.03. The van der Waals surface area contributed by atoms with Gasteiger partial charge in [0.1, 0.15) is 0 Å². The summed E-state index contributed by atoms with van der Waals surface area (Å²) in [6, 6.07) is 13.1. The SMILES string of the molecule is CC(NC(=O)c1cc(Cl)cc2ccn(Cc3ccc(Cl)cc3)c12)C1CCC(C(=O)O)CC1. The van der Waals surface area contributed by atoms with E-state index in [-0.39, 0.29) is 23.8 Å². The lowest BCUT2D eigenvalue weighted by molar-refractivity contribution is -0.143. The maximum Gasteiger partial charge on any atom is 0.306 e. The van der Waals surface area contributed by atoms with Crippen molar-refractivity contribution in [3.8, 4) is 0 Å². The first kappa shape index (κ1) is 22.7. The predicted octanol–water partition coefficient (Wildman–Crippen LogP) is 6.01. The Hall–Kier alpha value is -2.50. The third kappa shape index (κ3) is 4.94. The molecule has 0 spiro atoms. The van der Waals surface area contributed by atoms with Gasteiger partial charge in [-0.1, -0.05) is 35.3 Å². The summed E-state index contributed by atoms with van der Waals surface area (Å²) in [5, 5.41) is 14.5. The number of carbonyl (C=O) groups excluding carboxylic acids is 1. The van der Waals surface area contributed by atoms with Gasteiger partial charge in [0.15, 0.2) is 0 Å². The van der Waals surface area contributed by atoms with Crippen molar-refractivity contribution in [3.05, 3.63) is 69.8 Å². The molecule has 7 heteroatoms. The molecule has 1 amide bonds. The van der Waals surface area contributed by atoms with Gasteiger partial charge in [0.2, 0.25) is 0 Å². The van der Waals surface area contributed by atoms with Crippen LogP contribution in [0.5, 0.6) is 0 Å². The minimum atomic E-state index is -0.720. The number of aliphatic carboxylic acids is 1. The number of hydrogen-bond acceptors (Lipinski definition) is 2. The number of carbonyl (C=O) groups is 2. The first-order valence-corrected chi connectivity index (χ1v) is 11.6. The molecule has 1 unspecified atom stereocenters. The van der Waals surface area contributed by atoms with Gasteiger partial charge in [-0.05, 0) is 74.4 Å². The Labute approximate surface area is 197 Å². The monoisotopic (exact) mass is 472 g/mol. The molecule has 1 aliphatic carbocycles. The topological polar surface area (TPSA) is 71.3 Å². The van der Waals surface area contributed by atoms with Crippen molar-refractivity contribution < 1.29 is 14.7 Å². The highest BCUT2D eigenvalue weighted by molar-refractivity contribution is 6.32. The molecule has 0 bridgehead atoms. The number of halogens is 2. The Morgan fingerprint density at radius 3 is 2.41 bits per heavy atom. The van der Waals surface area contributed by atoms with Crippen LogP contribution in [0.3, 0.4) is 0 Å². The lowest BCUT2D eigenvalue weighted by Crippen LogP contribution is -2.40. The molecule has 1 heterocycles. The van der Waals surface area contributed by atoms with Crippen molar-refractivity contribution >= 4 is 46.0 Å². The molecule has 0 radical (unpaired) electrons. The van der Waals surface area contributed by atoms with Crippen LogP contribution in [-0.2, 0) is 11.3 Å². The first-order chi connectivity index (χ1) is 15.3. The van der Waals surface area contributed by atoms with Gasteiger partial charge in [0, 0.05) is 34.2 Å². The van der Waals surface area contributed by atoms with E-state index in [9.17, 15) is 14.7 Å². The third-order valence-corrected chi connectivity index (χ3v) is 6.99. The van der Waals surface area contributed by atoms with Crippen molar-refractivity contribution in [2.24, 2.45) is 11.8 Å². The Morgan fingerprint density at radius 2 is 1.75 bits per heavy atom. The number of hydrogen-bond donors (Lipinski definition) is 2. The number of aromatic nitrogens is 1. The van der Waals surface area contributed by atoms with Crippen molar-refractivity contribution in [3.63, 3.8) is 0 Å². The van der Waals surface area contributed by atoms with Gasteiger partial charge in [-0.25, -0.2) is 0 Å². The summed E-state index contributed by atoms with van der Waals surface area (Å²) < 4.78 is 2.05. The van der Waals surface area contributed by atoms with E-state index in [2.05, 4.69) is 5.32 Å². The second kappa shape index (κ2) is 9.55. The number of amides is 1. The van der Waals surface area contributed by atoms with E-state index in [1.54, 1.807) is 6.07 Å². The lowest BCUT2D eigenvalue weighted by Gasteiger charge is -2.31. The molecule has 1 aromatic heterocycles. The van der Waals surface area contributed by atoms with Gasteiger partial charge >= 0.3 is 5.97 Å². The van der Waals surface area contributed by atoms with Gasteiger partial charge in [0.25, 0.3) is 5.91 Å². The van der Waals surface area contributed by atoms with Crippen molar-refractivity contribution in [2.75, 3.05) is 0 Å². The zero-order chi connectivity index (χ0) is 22.8. The summed E-state index contributed by atoms with van der Waals surface area (Å²) in [7, 11) is 0. The summed E-state index contributed by atoms with van der Waals surface area (Å²) in [5.74, 6) is -0.882. The van der Waals surface area contributed by atoms with Crippen molar-refractivity contribution in [1.29, 1.82) is 0 Å². The molecule has 5 nitrogen and oxygen atoms in total. The molecular weight excluding hydrogens is 447 g/mol. The Bertz CT molecular complexity index is 1130. The highest BCUT2D eigenvalue weighted by Gasteiger charge is 2.30. The molecule has 1 atom stereocenters. The van der Waals surface area contributed by atoms with E-state index in [1.165, 1.54) is 0 Å². The first-order valence-electron chi connectivity index (χ1n) is 10.9. The van der Waals surface area contributed by atoms with Gasteiger partial charge in [-0.15, -0.1) is 0 Å². The molecule has 168 valence electrons. The molecule has 0 saturated heterocycles. The van der Waals surface area contributed by atoms with Crippen LogP contribution in [0.25, 0.3) is 10.9 Å². The fraction of sp³-hybridized carbons (Fsp3) is 0.360. The number of carboxylic acids is 1. The van der Waals surface area contributed by atoms with E-state index in [0.29, 0.717) is 35.0 Å². The van der Waals surface area contributed by atoms with E-state index in [4.69, 9.17) is 23.2 Å². The summed E-state index contributed by atoms with van der Waals surface area (Å²) in [6.45, 7) is 2.61. The van der Waals surface area contributed by atoms with E-state index in [1.807, 2.05) is 54.1 Å². The van der Waals surface area contributed by atoms with Crippen molar-refractivity contribution in [1.82, 2.24) is 9.88 Å². The van der Waals surface area contributed by atoms with Gasteiger partial charge in [-0.3, -0.25) is 9.59 Å². The molecule has 32 heavy (non-hydrogen) atoms. The molecule has 1 aliphatic rings. The highest BCUT2D eigenvalue weighted by Crippen LogP contribution is 2.32. The van der Waals surface area contributed by atoms with Crippen LogP contribution >= 0.6 is 23.2 Å². The fourth-order valence-electron chi connectivity index (χ4n) is 4.67. The van der Waals surface area contributed by atoms with E-state index < -0.39 is 5.97 Å². The summed E-state index contributed by atoms with van der Waals surface area (Å²) in [6.07, 6.45) is 4.88.